The van der Waals surface area contributed by atoms with Crippen molar-refractivity contribution < 1.29 is 13.2 Å². The van der Waals surface area contributed by atoms with Crippen molar-refractivity contribution >= 4 is 61.4 Å². The highest BCUT2D eigenvalue weighted by Gasteiger charge is 2.27. The second-order valence-electron chi connectivity index (χ2n) is 3.13. The molecule has 88 valence electrons. The molecule has 1 aromatic rings. The van der Waals surface area contributed by atoms with Gasteiger partial charge in [0.25, 0.3) is 0 Å². The Kier molecular flexibility index (Phi) is 4.62. The van der Waals surface area contributed by atoms with Crippen LogP contribution >= 0.6 is 45.8 Å². The number of benzene rings is 1. The van der Waals surface area contributed by atoms with E-state index in [1.165, 1.54) is 18.2 Å². The molecule has 0 aliphatic rings. The molecular weight excluding hydrogens is 386 g/mol. The molecule has 0 radical (unpaired) electrons. The van der Waals surface area contributed by atoms with Gasteiger partial charge in [0.2, 0.25) is 0 Å². The lowest BCUT2D eigenvalue weighted by atomic mass is 10.1. The van der Waals surface area contributed by atoms with Crippen molar-refractivity contribution in [1.29, 1.82) is 0 Å². The maximum atomic E-state index is 11.8. The third-order valence-electron chi connectivity index (χ3n) is 1.78. The lowest BCUT2D eigenvalue weighted by Crippen LogP contribution is -2.23. The molecule has 0 spiro atoms. The summed E-state index contributed by atoms with van der Waals surface area (Å²) in [6.45, 7) is 0. The van der Waals surface area contributed by atoms with E-state index in [1.807, 2.05) is 0 Å². The van der Waals surface area contributed by atoms with Crippen molar-refractivity contribution in [3.05, 3.63) is 33.8 Å². The van der Waals surface area contributed by atoms with Gasteiger partial charge in [0.1, 0.15) is 0 Å². The molecule has 0 amide bonds. The van der Waals surface area contributed by atoms with Crippen LogP contribution in [-0.4, -0.2) is 23.7 Å². The van der Waals surface area contributed by atoms with Gasteiger partial charge in [0.15, 0.2) is 18.9 Å². The van der Waals surface area contributed by atoms with Crippen LogP contribution in [0.4, 0.5) is 0 Å². The van der Waals surface area contributed by atoms with Gasteiger partial charge < -0.3 is 0 Å². The minimum Gasteiger partial charge on any atom is -0.292 e. The van der Waals surface area contributed by atoms with E-state index in [0.717, 1.165) is 6.26 Å². The molecule has 1 rings (SSSR count). The summed E-state index contributed by atoms with van der Waals surface area (Å²) >= 11 is 13.1. The molecule has 0 aromatic heterocycles. The molecule has 16 heavy (non-hydrogen) atoms. The lowest BCUT2D eigenvalue weighted by molar-refractivity contribution is 0.101. The smallest absolute Gasteiger partial charge is 0.192 e. The van der Waals surface area contributed by atoms with Crippen molar-refractivity contribution in [2.24, 2.45) is 0 Å². The van der Waals surface area contributed by atoms with E-state index in [4.69, 9.17) is 23.2 Å². The van der Waals surface area contributed by atoms with Crippen LogP contribution in [0.2, 0.25) is 10.0 Å². The van der Waals surface area contributed by atoms with Crippen LogP contribution in [0.1, 0.15) is 10.4 Å². The number of carbonyl (C=O) groups is 1. The van der Waals surface area contributed by atoms with Crippen LogP contribution < -0.4 is 0 Å². The second kappa shape index (κ2) is 5.20. The zero-order valence-electron chi connectivity index (χ0n) is 8.08. The number of carbonyl (C=O) groups excluding carboxylic acids is 1. The van der Waals surface area contributed by atoms with Crippen LogP contribution in [0.3, 0.4) is 0 Å². The molecule has 0 aliphatic heterocycles. The fraction of sp³-hybridized carbons (Fsp3) is 0.222. The molecule has 1 atom stereocenters. The predicted octanol–water partition coefficient (Wildman–Crippen LogP) is 2.98. The summed E-state index contributed by atoms with van der Waals surface area (Å²) in [6.07, 6.45) is 1.01. The quantitative estimate of drug-likeness (QED) is 0.451. The molecule has 0 saturated heterocycles. The van der Waals surface area contributed by atoms with Gasteiger partial charge in [-0.2, -0.15) is 0 Å². The molecule has 0 aliphatic carbocycles. The van der Waals surface area contributed by atoms with Gasteiger partial charge in [-0.1, -0.05) is 45.8 Å². The molecule has 0 unspecified atom stereocenters. The molecule has 1 aromatic carbocycles. The van der Waals surface area contributed by atoms with E-state index in [2.05, 4.69) is 0 Å². The Hall–Kier alpha value is 0.150. The van der Waals surface area contributed by atoms with Gasteiger partial charge in [-0.05, 0) is 18.2 Å². The van der Waals surface area contributed by atoms with E-state index < -0.39 is 18.9 Å². The van der Waals surface area contributed by atoms with Gasteiger partial charge in [-0.3, -0.25) is 4.79 Å². The van der Waals surface area contributed by atoms with Gasteiger partial charge in [0.05, 0.1) is 5.02 Å². The number of sulfone groups is 1. The molecule has 3 nitrogen and oxygen atoms in total. The van der Waals surface area contributed by atoms with E-state index >= 15 is 0 Å². The summed E-state index contributed by atoms with van der Waals surface area (Å²) in [7, 11) is -3.43. The highest BCUT2D eigenvalue weighted by atomic mass is 127. The van der Waals surface area contributed by atoms with Crippen LogP contribution in [-0.2, 0) is 9.84 Å². The first-order chi connectivity index (χ1) is 7.23. The SMILES string of the molecule is CS(=O)(=O)[C@@H](I)C(=O)c1ccc(Cl)cc1Cl. The third kappa shape index (κ3) is 3.32. The fourth-order valence-electron chi connectivity index (χ4n) is 1.01. The summed E-state index contributed by atoms with van der Waals surface area (Å²) in [5, 5.41) is 0.550. The van der Waals surface area contributed by atoms with Crippen molar-refractivity contribution in [2.75, 3.05) is 6.26 Å². The monoisotopic (exact) mass is 392 g/mol. The summed E-state index contributed by atoms with van der Waals surface area (Å²) < 4.78 is 21.3. The zero-order chi connectivity index (χ0) is 12.5. The predicted molar refractivity (Wildman–Crippen MR) is 73.4 cm³/mol. The first kappa shape index (κ1) is 14.2. The number of Topliss-reactive ketones (excluding diaryl/α,β-unsaturated/α-hetero) is 1. The summed E-state index contributed by atoms with van der Waals surface area (Å²) in [5.41, 5.74) is 0.163. The number of rotatable bonds is 3. The topological polar surface area (TPSA) is 51.2 Å². The first-order valence-electron chi connectivity index (χ1n) is 4.05. The Labute approximate surface area is 117 Å². The fourth-order valence-corrected chi connectivity index (χ4v) is 2.36. The van der Waals surface area contributed by atoms with Gasteiger partial charge >= 0.3 is 0 Å². The van der Waals surface area contributed by atoms with E-state index in [-0.39, 0.29) is 10.6 Å². The van der Waals surface area contributed by atoms with Gasteiger partial charge in [0, 0.05) is 16.8 Å². The molecule has 0 N–H and O–H groups in total. The number of ketones is 1. The van der Waals surface area contributed by atoms with Crippen molar-refractivity contribution in [2.45, 2.75) is 3.26 Å². The summed E-state index contributed by atoms with van der Waals surface area (Å²) in [6, 6.07) is 4.32. The third-order valence-corrected chi connectivity index (χ3v) is 6.63. The Morgan fingerprint density at radius 2 is 1.94 bits per heavy atom. The minimum absolute atomic E-state index is 0.155. The average molecular weight is 393 g/mol. The number of hydrogen-bond acceptors (Lipinski definition) is 3. The van der Waals surface area contributed by atoms with Crippen LogP contribution in [0.5, 0.6) is 0 Å². The molecule has 0 bridgehead atoms. The highest BCUT2D eigenvalue weighted by Crippen LogP contribution is 2.25. The molecule has 7 heteroatoms. The number of alkyl halides is 1. The Balaban J connectivity index is 3.16. The zero-order valence-corrected chi connectivity index (χ0v) is 12.6. The van der Waals surface area contributed by atoms with E-state index in [1.54, 1.807) is 22.6 Å². The molecule has 0 heterocycles. The van der Waals surface area contributed by atoms with E-state index in [9.17, 15) is 13.2 Å². The van der Waals surface area contributed by atoms with Crippen LogP contribution in [0.15, 0.2) is 18.2 Å². The number of hydrogen-bond donors (Lipinski definition) is 0. The normalized spacial score (nSPS) is 13.5. The summed E-state index contributed by atoms with van der Waals surface area (Å²) in [5.74, 6) is -0.537. The van der Waals surface area contributed by atoms with Gasteiger partial charge in [-0.25, -0.2) is 8.42 Å². The molecule has 0 fully saturated rings. The van der Waals surface area contributed by atoms with Crippen LogP contribution in [0, 0.1) is 0 Å². The average Bonchev–Trinajstić information content (AvgIpc) is 2.14. The molecule has 0 saturated carbocycles. The Bertz CT molecular complexity index is 528. The van der Waals surface area contributed by atoms with Crippen LogP contribution in [0.25, 0.3) is 0 Å². The second-order valence-corrected chi connectivity index (χ2v) is 8.20. The van der Waals surface area contributed by atoms with Gasteiger partial charge in [-0.15, -0.1) is 0 Å². The minimum atomic E-state index is -3.43. The maximum absolute atomic E-state index is 11.8. The largest absolute Gasteiger partial charge is 0.292 e. The van der Waals surface area contributed by atoms with E-state index in [0.29, 0.717) is 5.02 Å². The first-order valence-corrected chi connectivity index (χ1v) is 8.01. The van der Waals surface area contributed by atoms with Crippen molar-refractivity contribution in [3.63, 3.8) is 0 Å². The Morgan fingerprint density at radius 1 is 1.38 bits per heavy atom. The Morgan fingerprint density at radius 3 is 2.38 bits per heavy atom. The number of halogens is 3. The maximum Gasteiger partial charge on any atom is 0.192 e. The molecular formula is C9H7Cl2IO3S. The lowest BCUT2D eigenvalue weighted by Gasteiger charge is -2.08. The van der Waals surface area contributed by atoms with Crippen molar-refractivity contribution in [3.8, 4) is 0 Å². The highest BCUT2D eigenvalue weighted by molar-refractivity contribution is 14.1. The standard InChI is InChI=1S/C9H7Cl2IO3S/c1-16(14,15)9(12)8(13)6-3-2-5(10)4-7(6)11/h2-4,9H,1H3/t9-/m1/s1. The summed E-state index contributed by atoms with van der Waals surface area (Å²) in [4.78, 5) is 11.8. The van der Waals surface area contributed by atoms with Crippen molar-refractivity contribution in [1.82, 2.24) is 0 Å².